The van der Waals surface area contributed by atoms with Crippen molar-refractivity contribution in [2.75, 3.05) is 5.01 Å². The maximum atomic E-state index is 11.8. The lowest BCUT2D eigenvalue weighted by molar-refractivity contribution is -0.116. The van der Waals surface area contributed by atoms with E-state index >= 15 is 0 Å². The average Bonchev–Trinajstić information content (AvgIpc) is 2.82. The molecule has 0 radical (unpaired) electrons. The van der Waals surface area contributed by atoms with Crippen molar-refractivity contribution < 1.29 is 4.79 Å². The Morgan fingerprint density at radius 3 is 2.47 bits per heavy atom. The van der Waals surface area contributed by atoms with Gasteiger partial charge >= 0.3 is 0 Å². The highest BCUT2D eigenvalue weighted by molar-refractivity contribution is 6.20. The predicted molar refractivity (Wildman–Crippen MR) is 76.7 cm³/mol. The van der Waals surface area contributed by atoms with Crippen LogP contribution in [0.3, 0.4) is 0 Å². The second-order valence-corrected chi connectivity index (χ2v) is 5.28. The minimum absolute atomic E-state index is 0.0382. The number of anilines is 1. The van der Waals surface area contributed by atoms with Crippen molar-refractivity contribution >= 4 is 28.1 Å². The SMILES string of the molecule is CC(=O)N1N=C(C)c2ccc3c4c(ccc1c24)CC3. The maximum absolute atomic E-state index is 11.8. The molecule has 0 spiro atoms. The third kappa shape index (κ3) is 1.27. The monoisotopic (exact) mass is 250 g/mol. The lowest BCUT2D eigenvalue weighted by Crippen LogP contribution is -2.27. The molecule has 2 aliphatic rings. The summed E-state index contributed by atoms with van der Waals surface area (Å²) in [6.45, 7) is 3.53. The van der Waals surface area contributed by atoms with Gasteiger partial charge < -0.3 is 0 Å². The highest BCUT2D eigenvalue weighted by atomic mass is 16.2. The van der Waals surface area contributed by atoms with E-state index in [-0.39, 0.29) is 5.91 Å². The first-order chi connectivity index (χ1) is 9.16. The van der Waals surface area contributed by atoms with Crippen LogP contribution in [0.1, 0.15) is 30.5 Å². The number of hydrogen-bond donors (Lipinski definition) is 0. The van der Waals surface area contributed by atoms with Gasteiger partial charge in [0.25, 0.3) is 0 Å². The van der Waals surface area contributed by atoms with Gasteiger partial charge in [0.15, 0.2) is 0 Å². The molecular formula is C16H14N2O. The number of amides is 1. The number of rotatable bonds is 0. The van der Waals surface area contributed by atoms with Gasteiger partial charge in [-0.15, -0.1) is 0 Å². The van der Waals surface area contributed by atoms with Crippen LogP contribution in [0.5, 0.6) is 0 Å². The first-order valence-electron chi connectivity index (χ1n) is 6.60. The predicted octanol–water partition coefficient (Wildman–Crippen LogP) is 3.03. The quantitative estimate of drug-likeness (QED) is 0.707. The molecule has 0 atom stereocenters. The van der Waals surface area contributed by atoms with E-state index in [1.54, 1.807) is 6.92 Å². The van der Waals surface area contributed by atoms with Crippen molar-refractivity contribution in [3.8, 4) is 0 Å². The number of carbonyl (C=O) groups is 1. The Balaban J connectivity index is 2.18. The Hall–Kier alpha value is -2.16. The number of nitrogens with zero attached hydrogens (tertiary/aromatic N) is 2. The van der Waals surface area contributed by atoms with E-state index in [4.69, 9.17) is 0 Å². The van der Waals surface area contributed by atoms with Crippen molar-refractivity contribution in [1.29, 1.82) is 0 Å². The van der Waals surface area contributed by atoms with Crippen molar-refractivity contribution in [1.82, 2.24) is 0 Å². The van der Waals surface area contributed by atoms with E-state index in [1.165, 1.54) is 26.9 Å². The fraction of sp³-hybridized carbons (Fsp3) is 0.250. The fourth-order valence-electron chi connectivity index (χ4n) is 3.29. The zero-order valence-electron chi connectivity index (χ0n) is 11.0. The third-order valence-corrected chi connectivity index (χ3v) is 4.14. The lowest BCUT2D eigenvalue weighted by atomic mass is 9.95. The Kier molecular flexibility index (Phi) is 1.94. The van der Waals surface area contributed by atoms with E-state index in [9.17, 15) is 4.79 Å². The molecule has 1 amide bonds. The third-order valence-electron chi connectivity index (χ3n) is 4.14. The van der Waals surface area contributed by atoms with Crippen molar-refractivity contribution in [2.24, 2.45) is 5.10 Å². The van der Waals surface area contributed by atoms with Crippen molar-refractivity contribution in [2.45, 2.75) is 26.7 Å². The van der Waals surface area contributed by atoms with Crippen LogP contribution in [0.25, 0.3) is 10.8 Å². The summed E-state index contributed by atoms with van der Waals surface area (Å²) in [6.07, 6.45) is 2.21. The molecule has 0 fully saturated rings. The topological polar surface area (TPSA) is 32.7 Å². The summed E-state index contributed by atoms with van der Waals surface area (Å²) in [5.74, 6) is -0.0382. The molecule has 3 nitrogen and oxygen atoms in total. The molecule has 0 unspecified atom stereocenters. The van der Waals surface area contributed by atoms with Crippen LogP contribution >= 0.6 is 0 Å². The lowest BCUT2D eigenvalue weighted by Gasteiger charge is -2.25. The van der Waals surface area contributed by atoms with Crippen LogP contribution in [0.15, 0.2) is 29.4 Å². The van der Waals surface area contributed by atoms with Crippen LogP contribution in [-0.4, -0.2) is 11.6 Å². The Bertz CT molecular complexity index is 764. The summed E-state index contributed by atoms with van der Waals surface area (Å²) in [5.41, 5.74) is 5.80. The van der Waals surface area contributed by atoms with E-state index < -0.39 is 0 Å². The van der Waals surface area contributed by atoms with Gasteiger partial charge in [0.2, 0.25) is 5.91 Å². The zero-order chi connectivity index (χ0) is 13.1. The largest absolute Gasteiger partial charge is 0.273 e. The molecule has 1 aliphatic carbocycles. The van der Waals surface area contributed by atoms with Crippen LogP contribution < -0.4 is 5.01 Å². The van der Waals surface area contributed by atoms with Crippen molar-refractivity contribution in [3.05, 3.63) is 41.0 Å². The van der Waals surface area contributed by atoms with Gasteiger partial charge in [-0.25, -0.2) is 5.01 Å². The van der Waals surface area contributed by atoms with Gasteiger partial charge in [-0.2, -0.15) is 5.10 Å². The van der Waals surface area contributed by atoms with E-state index in [1.807, 2.05) is 13.0 Å². The highest BCUT2D eigenvalue weighted by Gasteiger charge is 2.26. The molecule has 4 rings (SSSR count). The summed E-state index contributed by atoms with van der Waals surface area (Å²) < 4.78 is 0. The molecular weight excluding hydrogens is 236 g/mol. The van der Waals surface area contributed by atoms with Gasteiger partial charge in [-0.05, 0) is 42.3 Å². The zero-order valence-corrected chi connectivity index (χ0v) is 11.0. The minimum atomic E-state index is -0.0382. The number of hydrazone groups is 1. The second kappa shape index (κ2) is 3.44. The standard InChI is InChI=1S/C16H14N2O/c1-9-13-7-5-11-3-4-12-6-8-14(16(13)15(11)12)18(17-9)10(2)19/h5-8H,3-4H2,1-2H3. The molecule has 0 aromatic heterocycles. The summed E-state index contributed by atoms with van der Waals surface area (Å²) in [4.78, 5) is 11.8. The van der Waals surface area contributed by atoms with E-state index in [0.717, 1.165) is 29.8 Å². The fourth-order valence-corrected chi connectivity index (χ4v) is 3.29. The normalized spacial score (nSPS) is 15.9. The molecule has 3 heteroatoms. The number of benzene rings is 2. The smallest absolute Gasteiger partial charge is 0.244 e. The van der Waals surface area contributed by atoms with Crippen LogP contribution in [0, 0.1) is 0 Å². The Morgan fingerprint density at radius 2 is 1.79 bits per heavy atom. The van der Waals surface area contributed by atoms with Crippen LogP contribution in [-0.2, 0) is 17.6 Å². The first-order valence-corrected chi connectivity index (χ1v) is 6.60. The minimum Gasteiger partial charge on any atom is -0.273 e. The molecule has 19 heavy (non-hydrogen) atoms. The second-order valence-electron chi connectivity index (χ2n) is 5.28. The van der Waals surface area contributed by atoms with E-state index in [0.29, 0.717) is 0 Å². The number of hydrogen-bond acceptors (Lipinski definition) is 2. The molecule has 1 heterocycles. The highest BCUT2D eigenvalue weighted by Crippen LogP contribution is 2.41. The summed E-state index contributed by atoms with van der Waals surface area (Å²) in [6, 6.07) is 8.53. The number of carbonyl (C=O) groups excluding carboxylic acids is 1. The van der Waals surface area contributed by atoms with Crippen LogP contribution in [0.2, 0.25) is 0 Å². The van der Waals surface area contributed by atoms with Gasteiger partial charge in [0, 0.05) is 17.9 Å². The van der Waals surface area contributed by atoms with E-state index in [2.05, 4.69) is 23.3 Å². The molecule has 0 saturated carbocycles. The molecule has 1 aliphatic heterocycles. The van der Waals surface area contributed by atoms with Crippen molar-refractivity contribution in [3.63, 3.8) is 0 Å². The Morgan fingerprint density at radius 1 is 1.11 bits per heavy atom. The molecule has 2 aromatic carbocycles. The van der Waals surface area contributed by atoms with Crippen LogP contribution in [0.4, 0.5) is 5.69 Å². The summed E-state index contributed by atoms with van der Waals surface area (Å²) in [7, 11) is 0. The summed E-state index contributed by atoms with van der Waals surface area (Å²) >= 11 is 0. The summed E-state index contributed by atoms with van der Waals surface area (Å²) in [5, 5.41) is 8.51. The molecule has 94 valence electrons. The molecule has 0 bridgehead atoms. The molecule has 2 aromatic rings. The molecule has 0 N–H and O–H groups in total. The van der Waals surface area contributed by atoms with Gasteiger partial charge in [0.1, 0.15) is 0 Å². The average molecular weight is 250 g/mol. The molecule has 0 saturated heterocycles. The number of aryl methyl sites for hydroxylation is 2. The van der Waals surface area contributed by atoms with Gasteiger partial charge in [-0.3, -0.25) is 4.79 Å². The Labute approximate surface area is 111 Å². The maximum Gasteiger partial charge on any atom is 0.244 e. The van der Waals surface area contributed by atoms with Gasteiger partial charge in [-0.1, -0.05) is 18.2 Å². The van der Waals surface area contributed by atoms with Gasteiger partial charge in [0.05, 0.1) is 11.4 Å². The first kappa shape index (κ1) is 10.7.